The van der Waals surface area contributed by atoms with E-state index in [-0.39, 0.29) is 5.91 Å². The van der Waals surface area contributed by atoms with E-state index in [0.717, 1.165) is 21.1 Å². The lowest BCUT2D eigenvalue weighted by molar-refractivity contribution is -0.112. The van der Waals surface area contributed by atoms with Gasteiger partial charge in [-0.05, 0) is 18.6 Å². The zero-order chi connectivity index (χ0) is 11.7. The molecule has 1 aliphatic heterocycles. The second-order valence-electron chi connectivity index (χ2n) is 3.45. The van der Waals surface area contributed by atoms with Crippen LogP contribution < -0.4 is 4.90 Å². The van der Waals surface area contributed by atoms with Crippen molar-refractivity contribution >= 4 is 40.7 Å². The van der Waals surface area contributed by atoms with E-state index in [1.807, 2.05) is 43.8 Å². The smallest absolute Gasteiger partial charge is 0.260 e. The number of rotatable bonds is 2. The van der Waals surface area contributed by atoms with Gasteiger partial charge in [-0.25, -0.2) is 0 Å². The van der Waals surface area contributed by atoms with Gasteiger partial charge in [-0.15, -0.1) is 23.5 Å². The first kappa shape index (κ1) is 11.6. The van der Waals surface area contributed by atoms with Crippen molar-refractivity contribution in [2.24, 2.45) is 0 Å². The molecule has 0 fully saturated rings. The number of likely N-dealkylation sites (N-methyl/N-ethyl adjacent to an activating group) is 1. The molecule has 0 saturated heterocycles. The number of nitrogens with zero attached hydrogens (tertiary/aromatic N) is 1. The molecule has 0 bridgehead atoms. The van der Waals surface area contributed by atoms with E-state index in [1.165, 1.54) is 0 Å². The van der Waals surface area contributed by atoms with Gasteiger partial charge >= 0.3 is 0 Å². The van der Waals surface area contributed by atoms with Crippen molar-refractivity contribution in [3.05, 3.63) is 34.1 Å². The zero-order valence-corrected chi connectivity index (χ0v) is 11.1. The molecule has 1 aliphatic rings. The summed E-state index contributed by atoms with van der Waals surface area (Å²) in [7, 11) is 1.83. The maximum absolute atomic E-state index is 12.2. The Morgan fingerprint density at radius 3 is 2.44 bits per heavy atom. The third kappa shape index (κ3) is 1.66. The molecule has 1 aromatic rings. The van der Waals surface area contributed by atoms with Gasteiger partial charge in [-0.2, -0.15) is 0 Å². The van der Waals surface area contributed by atoms with E-state index in [4.69, 9.17) is 0 Å². The van der Waals surface area contributed by atoms with Crippen LogP contribution in [0.25, 0.3) is 5.57 Å². The molecule has 1 aromatic carbocycles. The van der Waals surface area contributed by atoms with Crippen molar-refractivity contribution in [1.29, 1.82) is 0 Å². The van der Waals surface area contributed by atoms with Gasteiger partial charge in [0.25, 0.3) is 5.91 Å². The molecule has 0 N–H and O–H groups in total. The van der Waals surface area contributed by atoms with E-state index in [1.54, 1.807) is 28.4 Å². The standard InChI is InChI=1S/C12H13NOS2/c1-13-9-7-5-4-6-8(9)10(11(13)14)12(15-2)16-3/h4-7H,1-3H3. The van der Waals surface area contributed by atoms with E-state index >= 15 is 0 Å². The molecule has 84 valence electrons. The number of carbonyl (C=O) groups excluding carboxylic acids is 1. The molecule has 4 heteroatoms. The van der Waals surface area contributed by atoms with Crippen molar-refractivity contribution in [1.82, 2.24) is 0 Å². The number of thioether (sulfide) groups is 2. The minimum absolute atomic E-state index is 0.0971. The highest BCUT2D eigenvalue weighted by atomic mass is 32.2. The van der Waals surface area contributed by atoms with E-state index in [2.05, 4.69) is 0 Å². The molecule has 16 heavy (non-hydrogen) atoms. The average molecular weight is 251 g/mol. The summed E-state index contributed by atoms with van der Waals surface area (Å²) in [4.78, 5) is 13.9. The van der Waals surface area contributed by atoms with Crippen LogP contribution in [0.4, 0.5) is 5.69 Å². The molecular formula is C12H13NOS2. The van der Waals surface area contributed by atoms with Crippen LogP contribution in [0.15, 0.2) is 28.5 Å². The number of amides is 1. The number of benzene rings is 1. The van der Waals surface area contributed by atoms with Crippen LogP contribution in [0.1, 0.15) is 5.56 Å². The highest BCUT2D eigenvalue weighted by molar-refractivity contribution is 8.22. The Kier molecular flexibility index (Phi) is 3.30. The van der Waals surface area contributed by atoms with Crippen LogP contribution in [0.3, 0.4) is 0 Å². The van der Waals surface area contributed by atoms with Gasteiger partial charge in [0, 0.05) is 12.6 Å². The third-order valence-corrected chi connectivity index (χ3v) is 4.78. The lowest BCUT2D eigenvalue weighted by Gasteiger charge is -2.08. The van der Waals surface area contributed by atoms with Gasteiger partial charge in [0.2, 0.25) is 0 Å². The summed E-state index contributed by atoms with van der Waals surface area (Å²) in [5.74, 6) is 0.0971. The maximum atomic E-state index is 12.2. The highest BCUT2D eigenvalue weighted by Crippen LogP contribution is 2.42. The molecule has 1 amide bonds. The van der Waals surface area contributed by atoms with Crippen LogP contribution in [0, 0.1) is 0 Å². The summed E-state index contributed by atoms with van der Waals surface area (Å²) in [5.41, 5.74) is 2.90. The Balaban J connectivity index is 2.66. The minimum Gasteiger partial charge on any atom is -0.311 e. The molecule has 0 saturated carbocycles. The fraction of sp³-hybridized carbons (Fsp3) is 0.250. The van der Waals surface area contributed by atoms with Crippen LogP contribution in [0.2, 0.25) is 0 Å². The number of fused-ring (bicyclic) bond motifs is 1. The lowest BCUT2D eigenvalue weighted by Crippen LogP contribution is -2.20. The van der Waals surface area contributed by atoms with E-state index in [0.29, 0.717) is 0 Å². The Labute approximate surface area is 104 Å². The summed E-state index contributed by atoms with van der Waals surface area (Å²) < 4.78 is 1.09. The van der Waals surface area contributed by atoms with Gasteiger partial charge < -0.3 is 4.90 Å². The van der Waals surface area contributed by atoms with Gasteiger partial charge in [0.05, 0.1) is 15.5 Å². The molecule has 2 nitrogen and oxygen atoms in total. The molecule has 0 atom stereocenters. The summed E-state index contributed by atoms with van der Waals surface area (Å²) >= 11 is 3.26. The zero-order valence-electron chi connectivity index (χ0n) is 9.48. The Bertz CT molecular complexity index is 462. The first-order valence-corrected chi connectivity index (χ1v) is 7.35. The van der Waals surface area contributed by atoms with Crippen LogP contribution >= 0.6 is 23.5 Å². The van der Waals surface area contributed by atoms with E-state index in [9.17, 15) is 4.79 Å². The summed E-state index contributed by atoms with van der Waals surface area (Å²) in [6.07, 6.45) is 4.01. The van der Waals surface area contributed by atoms with E-state index < -0.39 is 0 Å². The second-order valence-corrected chi connectivity index (χ2v) is 5.34. The van der Waals surface area contributed by atoms with Crippen molar-refractivity contribution < 1.29 is 4.79 Å². The number of carbonyl (C=O) groups is 1. The monoisotopic (exact) mass is 251 g/mol. The number of hydrogen-bond donors (Lipinski definition) is 0. The maximum Gasteiger partial charge on any atom is 0.260 e. The molecule has 2 rings (SSSR count). The SMILES string of the molecule is CSC(SC)=C1C(=O)N(C)c2ccccc21. The van der Waals surface area contributed by atoms with Crippen molar-refractivity contribution in [3.8, 4) is 0 Å². The Morgan fingerprint density at radius 1 is 1.19 bits per heavy atom. The van der Waals surface area contributed by atoms with Gasteiger partial charge in [0.15, 0.2) is 0 Å². The van der Waals surface area contributed by atoms with Crippen LogP contribution in [-0.4, -0.2) is 25.5 Å². The Morgan fingerprint density at radius 2 is 1.81 bits per heavy atom. The number of anilines is 1. The largest absolute Gasteiger partial charge is 0.311 e. The second kappa shape index (κ2) is 4.55. The molecule has 0 aliphatic carbocycles. The average Bonchev–Trinajstić information content (AvgIpc) is 2.57. The van der Waals surface area contributed by atoms with Gasteiger partial charge in [-0.3, -0.25) is 4.79 Å². The summed E-state index contributed by atoms with van der Waals surface area (Å²) in [5, 5.41) is 0. The first-order valence-electron chi connectivity index (χ1n) is 4.90. The van der Waals surface area contributed by atoms with Crippen molar-refractivity contribution in [2.45, 2.75) is 0 Å². The Hall–Kier alpha value is -0.870. The van der Waals surface area contributed by atoms with Gasteiger partial charge in [-0.1, -0.05) is 18.2 Å². The molecular weight excluding hydrogens is 238 g/mol. The molecule has 0 aromatic heterocycles. The molecule has 0 spiro atoms. The molecule has 0 radical (unpaired) electrons. The predicted octanol–water partition coefficient (Wildman–Crippen LogP) is 3.06. The summed E-state index contributed by atoms with van der Waals surface area (Å²) in [6.45, 7) is 0. The minimum atomic E-state index is 0.0971. The quantitative estimate of drug-likeness (QED) is 0.753. The number of hydrogen-bond acceptors (Lipinski definition) is 3. The topological polar surface area (TPSA) is 20.3 Å². The van der Waals surface area contributed by atoms with Gasteiger partial charge in [0.1, 0.15) is 0 Å². The van der Waals surface area contributed by atoms with Crippen molar-refractivity contribution in [2.75, 3.05) is 24.5 Å². The highest BCUT2D eigenvalue weighted by Gasteiger charge is 2.31. The summed E-state index contributed by atoms with van der Waals surface area (Å²) in [6, 6.07) is 7.93. The molecule has 0 unspecified atom stereocenters. The fourth-order valence-electron chi connectivity index (χ4n) is 1.85. The predicted molar refractivity (Wildman–Crippen MR) is 73.8 cm³/mol. The third-order valence-electron chi connectivity index (χ3n) is 2.63. The molecule has 1 heterocycles. The lowest BCUT2D eigenvalue weighted by atomic mass is 10.1. The van der Waals surface area contributed by atoms with Crippen molar-refractivity contribution in [3.63, 3.8) is 0 Å². The van der Waals surface area contributed by atoms with Crippen LogP contribution in [0.5, 0.6) is 0 Å². The normalized spacial score (nSPS) is 14.3. The van der Waals surface area contributed by atoms with Crippen LogP contribution in [-0.2, 0) is 4.79 Å². The fourth-order valence-corrected chi connectivity index (χ4v) is 3.32. The number of para-hydroxylation sites is 1. The first-order chi connectivity index (χ1) is 7.70.